The van der Waals surface area contributed by atoms with Gasteiger partial charge >= 0.3 is 5.51 Å². The third-order valence-electron chi connectivity index (χ3n) is 3.14. The fourth-order valence-corrected chi connectivity index (χ4v) is 2.77. The van der Waals surface area contributed by atoms with E-state index in [-0.39, 0.29) is 41.8 Å². The molecule has 0 bridgehead atoms. The zero-order chi connectivity index (χ0) is 15.5. The molecular formula is C12H19F3N2O2S. The van der Waals surface area contributed by atoms with E-state index in [1.165, 1.54) is 4.90 Å². The van der Waals surface area contributed by atoms with E-state index in [1.807, 2.05) is 0 Å². The van der Waals surface area contributed by atoms with Crippen LogP contribution in [0.2, 0.25) is 0 Å². The average molecular weight is 312 g/mol. The van der Waals surface area contributed by atoms with Gasteiger partial charge in [-0.15, -0.1) is 0 Å². The number of alkyl halides is 3. The minimum Gasteiger partial charge on any atom is -0.343 e. The highest BCUT2D eigenvalue weighted by molar-refractivity contribution is 8.00. The van der Waals surface area contributed by atoms with Gasteiger partial charge in [-0.05, 0) is 24.1 Å². The number of amides is 2. The van der Waals surface area contributed by atoms with Crippen molar-refractivity contribution in [3.8, 4) is 0 Å². The molecule has 2 amide bonds. The number of piperazine rings is 1. The first kappa shape index (κ1) is 17.1. The third-order valence-corrected chi connectivity index (χ3v) is 3.85. The maximum atomic E-state index is 12.2. The van der Waals surface area contributed by atoms with Gasteiger partial charge in [0.2, 0.25) is 11.8 Å². The highest BCUT2D eigenvalue weighted by Gasteiger charge is 2.41. The number of thioether (sulfide) groups is 1. The van der Waals surface area contributed by atoms with E-state index in [0.29, 0.717) is 6.42 Å². The van der Waals surface area contributed by atoms with Crippen molar-refractivity contribution < 1.29 is 22.8 Å². The molecule has 2 unspecified atom stereocenters. The molecule has 1 heterocycles. The Morgan fingerprint density at radius 2 is 1.95 bits per heavy atom. The molecule has 0 aromatic rings. The van der Waals surface area contributed by atoms with Gasteiger partial charge in [0.1, 0.15) is 12.1 Å². The fraction of sp³-hybridized carbons (Fsp3) is 0.833. The summed E-state index contributed by atoms with van der Waals surface area (Å²) in [6.45, 7) is 5.22. The van der Waals surface area contributed by atoms with E-state index in [2.05, 4.69) is 5.32 Å². The first-order chi connectivity index (χ1) is 9.17. The van der Waals surface area contributed by atoms with E-state index < -0.39 is 17.6 Å². The number of carbonyl (C=O) groups excluding carboxylic acids is 2. The Labute approximate surface area is 120 Å². The number of carbonyl (C=O) groups is 2. The normalized spacial score (nSPS) is 24.2. The Morgan fingerprint density at radius 3 is 2.40 bits per heavy atom. The Hall–Kier alpha value is -0.920. The summed E-state index contributed by atoms with van der Waals surface area (Å²) in [4.78, 5) is 25.5. The van der Waals surface area contributed by atoms with Crippen molar-refractivity contribution in [2.75, 3.05) is 12.3 Å². The van der Waals surface area contributed by atoms with E-state index in [4.69, 9.17) is 0 Å². The molecule has 0 aromatic carbocycles. The molecular weight excluding hydrogens is 293 g/mol. The van der Waals surface area contributed by atoms with Crippen LogP contribution < -0.4 is 5.32 Å². The van der Waals surface area contributed by atoms with Gasteiger partial charge in [-0.2, -0.15) is 13.2 Å². The van der Waals surface area contributed by atoms with Crippen LogP contribution in [-0.2, 0) is 9.59 Å². The predicted molar refractivity (Wildman–Crippen MR) is 71.1 cm³/mol. The summed E-state index contributed by atoms with van der Waals surface area (Å²) in [6, 6.07) is -1.33. The van der Waals surface area contributed by atoms with E-state index in [1.54, 1.807) is 20.8 Å². The Balaban J connectivity index is 2.78. The second-order valence-electron chi connectivity index (χ2n) is 4.98. The molecule has 20 heavy (non-hydrogen) atoms. The van der Waals surface area contributed by atoms with Gasteiger partial charge in [0.25, 0.3) is 0 Å². The Morgan fingerprint density at radius 1 is 1.35 bits per heavy atom. The highest BCUT2D eigenvalue weighted by atomic mass is 32.2. The van der Waals surface area contributed by atoms with Crippen molar-refractivity contribution in [1.29, 1.82) is 0 Å². The van der Waals surface area contributed by atoms with Gasteiger partial charge < -0.3 is 10.2 Å². The predicted octanol–water partition coefficient (Wildman–Crippen LogP) is 2.00. The molecule has 0 spiro atoms. The summed E-state index contributed by atoms with van der Waals surface area (Å²) >= 11 is -0.173. The third kappa shape index (κ3) is 4.29. The monoisotopic (exact) mass is 312 g/mol. The molecule has 1 aliphatic heterocycles. The van der Waals surface area contributed by atoms with Crippen LogP contribution in [0.5, 0.6) is 0 Å². The number of hydrogen-bond donors (Lipinski definition) is 1. The van der Waals surface area contributed by atoms with Crippen LogP contribution in [-0.4, -0.2) is 46.6 Å². The van der Waals surface area contributed by atoms with Crippen LogP contribution >= 0.6 is 11.8 Å². The van der Waals surface area contributed by atoms with E-state index in [0.717, 1.165) is 0 Å². The smallest absolute Gasteiger partial charge is 0.343 e. The summed E-state index contributed by atoms with van der Waals surface area (Å²) in [7, 11) is 0. The molecule has 1 rings (SSSR count). The summed E-state index contributed by atoms with van der Waals surface area (Å²) in [5, 5.41) is 2.62. The zero-order valence-corrected chi connectivity index (χ0v) is 12.5. The molecule has 0 aromatic heterocycles. The van der Waals surface area contributed by atoms with E-state index in [9.17, 15) is 22.8 Å². The molecule has 1 N–H and O–H groups in total. The lowest BCUT2D eigenvalue weighted by atomic mass is 9.96. The van der Waals surface area contributed by atoms with Crippen LogP contribution in [0.1, 0.15) is 27.2 Å². The lowest BCUT2D eigenvalue weighted by molar-refractivity contribution is -0.150. The fourth-order valence-electron chi connectivity index (χ4n) is 2.25. The van der Waals surface area contributed by atoms with Crippen LogP contribution in [0.15, 0.2) is 0 Å². The maximum Gasteiger partial charge on any atom is 0.441 e. The summed E-state index contributed by atoms with van der Waals surface area (Å²) in [5.41, 5.74) is -4.32. The van der Waals surface area contributed by atoms with Crippen LogP contribution in [0.25, 0.3) is 0 Å². The van der Waals surface area contributed by atoms with E-state index >= 15 is 0 Å². The molecule has 8 heteroatoms. The second-order valence-corrected chi connectivity index (χ2v) is 6.14. The number of nitrogens with one attached hydrogen (secondary N) is 1. The molecule has 4 nitrogen and oxygen atoms in total. The lowest BCUT2D eigenvalue weighted by Crippen LogP contribution is -2.65. The average Bonchev–Trinajstić information content (AvgIpc) is 2.30. The van der Waals surface area contributed by atoms with Crippen molar-refractivity contribution in [3.63, 3.8) is 0 Å². The molecule has 0 radical (unpaired) electrons. The maximum absolute atomic E-state index is 12.2. The van der Waals surface area contributed by atoms with Crippen molar-refractivity contribution in [2.24, 2.45) is 5.92 Å². The number of hydrogen-bond acceptors (Lipinski definition) is 3. The van der Waals surface area contributed by atoms with Crippen molar-refractivity contribution in [2.45, 2.75) is 44.8 Å². The van der Waals surface area contributed by atoms with Crippen LogP contribution in [0.3, 0.4) is 0 Å². The summed E-state index contributed by atoms with van der Waals surface area (Å²) in [6.07, 6.45) is 0.429. The van der Waals surface area contributed by atoms with Crippen LogP contribution in [0, 0.1) is 5.92 Å². The zero-order valence-electron chi connectivity index (χ0n) is 11.7. The molecule has 0 aliphatic carbocycles. The molecule has 2 atom stereocenters. The highest BCUT2D eigenvalue weighted by Crippen LogP contribution is 2.30. The van der Waals surface area contributed by atoms with Crippen molar-refractivity contribution >= 4 is 23.6 Å². The van der Waals surface area contributed by atoms with Crippen LogP contribution in [0.4, 0.5) is 13.2 Å². The van der Waals surface area contributed by atoms with Gasteiger partial charge in [-0.25, -0.2) is 0 Å². The first-order valence-electron chi connectivity index (χ1n) is 6.49. The van der Waals surface area contributed by atoms with Gasteiger partial charge in [-0.1, -0.05) is 20.8 Å². The topological polar surface area (TPSA) is 49.4 Å². The number of halogens is 3. The second kappa shape index (κ2) is 6.69. The van der Waals surface area contributed by atoms with Gasteiger partial charge in [-0.3, -0.25) is 9.59 Å². The first-order valence-corrected chi connectivity index (χ1v) is 7.47. The molecule has 116 valence electrons. The molecule has 0 saturated carbocycles. The van der Waals surface area contributed by atoms with Gasteiger partial charge in [0, 0.05) is 12.3 Å². The summed E-state index contributed by atoms with van der Waals surface area (Å²) in [5.74, 6) is -0.994. The number of nitrogens with zero attached hydrogens (tertiary/aromatic N) is 1. The standard InChI is InChI=1S/C12H19F3N2O2S/c1-4-8-11(19)17(5-6-20-12(13,14)15)9(7(2)3)10(18)16-8/h7-9H,4-6H2,1-3H3,(H,16,18). The van der Waals surface area contributed by atoms with Gasteiger partial charge in [0.05, 0.1) is 0 Å². The largest absolute Gasteiger partial charge is 0.441 e. The quantitative estimate of drug-likeness (QED) is 0.845. The lowest BCUT2D eigenvalue weighted by Gasteiger charge is -2.40. The van der Waals surface area contributed by atoms with Gasteiger partial charge in [0.15, 0.2) is 0 Å². The van der Waals surface area contributed by atoms with Crippen molar-refractivity contribution in [3.05, 3.63) is 0 Å². The molecule has 1 saturated heterocycles. The molecule has 1 fully saturated rings. The Bertz CT molecular complexity index is 374. The summed E-state index contributed by atoms with van der Waals surface area (Å²) < 4.78 is 36.5. The Kier molecular flexibility index (Phi) is 5.73. The number of rotatable bonds is 5. The minimum absolute atomic E-state index is 0.0736. The van der Waals surface area contributed by atoms with Crippen molar-refractivity contribution in [1.82, 2.24) is 10.2 Å². The SMILES string of the molecule is CCC1NC(=O)C(C(C)C)N(CCSC(F)(F)F)C1=O. The minimum atomic E-state index is -4.32. The molecule has 1 aliphatic rings.